The SMILES string of the molecule is Cc1cc(-c2cccc(NS(C)(=O)=O)c2)cc2c1C(=O)N(N(C)C1CCCCC1)C2. The number of nitrogens with zero attached hydrogens (tertiary/aromatic N) is 2. The number of sulfonamides is 1. The second-order valence-corrected chi connectivity index (χ2v) is 10.3. The number of fused-ring (bicyclic) bond motifs is 1. The molecule has 1 N–H and O–H groups in total. The van der Waals surface area contributed by atoms with Crippen molar-refractivity contribution in [3.8, 4) is 11.1 Å². The van der Waals surface area contributed by atoms with Gasteiger partial charge >= 0.3 is 0 Å². The summed E-state index contributed by atoms with van der Waals surface area (Å²) in [5.74, 6) is 0.0783. The summed E-state index contributed by atoms with van der Waals surface area (Å²) in [6, 6.07) is 11.8. The van der Waals surface area contributed by atoms with Gasteiger partial charge < -0.3 is 0 Å². The zero-order valence-electron chi connectivity index (χ0n) is 17.8. The van der Waals surface area contributed by atoms with Crippen LogP contribution in [0.15, 0.2) is 36.4 Å². The lowest BCUT2D eigenvalue weighted by Gasteiger charge is -2.37. The highest BCUT2D eigenvalue weighted by Crippen LogP contribution is 2.34. The van der Waals surface area contributed by atoms with Gasteiger partial charge in [0.1, 0.15) is 0 Å². The summed E-state index contributed by atoms with van der Waals surface area (Å²) in [7, 11) is -1.30. The first-order valence-corrected chi connectivity index (χ1v) is 12.4. The molecule has 2 aliphatic rings. The van der Waals surface area contributed by atoms with Gasteiger partial charge in [-0.1, -0.05) is 37.5 Å². The Morgan fingerprint density at radius 3 is 2.50 bits per heavy atom. The van der Waals surface area contributed by atoms with Gasteiger partial charge in [0.2, 0.25) is 10.0 Å². The molecule has 1 amide bonds. The van der Waals surface area contributed by atoms with Gasteiger partial charge in [-0.2, -0.15) is 0 Å². The second kappa shape index (κ2) is 8.04. The molecular formula is C23H29N3O3S. The first kappa shape index (κ1) is 20.9. The smallest absolute Gasteiger partial charge is 0.269 e. The molecule has 1 saturated carbocycles. The Bertz CT molecular complexity index is 1080. The van der Waals surface area contributed by atoms with E-state index in [-0.39, 0.29) is 5.91 Å². The van der Waals surface area contributed by atoms with E-state index in [9.17, 15) is 13.2 Å². The van der Waals surface area contributed by atoms with E-state index in [1.165, 1.54) is 19.3 Å². The molecule has 1 aliphatic carbocycles. The molecule has 4 rings (SSSR count). The summed E-state index contributed by atoms with van der Waals surface area (Å²) in [4.78, 5) is 13.2. The van der Waals surface area contributed by atoms with E-state index >= 15 is 0 Å². The number of anilines is 1. The molecule has 1 heterocycles. The predicted molar refractivity (Wildman–Crippen MR) is 120 cm³/mol. The monoisotopic (exact) mass is 427 g/mol. The fraction of sp³-hybridized carbons (Fsp3) is 0.435. The standard InChI is InChI=1S/C23H29N3O3S/c1-16-12-18(17-8-7-9-20(14-17)24-30(3,28)29)13-19-15-26(23(27)22(16)19)25(2)21-10-5-4-6-11-21/h7-9,12-14,21,24H,4-6,10-11,15H2,1-3H3. The minimum atomic E-state index is -3.34. The minimum Gasteiger partial charge on any atom is -0.284 e. The van der Waals surface area contributed by atoms with Crippen molar-refractivity contribution in [3.63, 3.8) is 0 Å². The summed E-state index contributed by atoms with van der Waals surface area (Å²) in [6.45, 7) is 2.56. The van der Waals surface area contributed by atoms with Crippen molar-refractivity contribution in [1.29, 1.82) is 0 Å². The quantitative estimate of drug-likeness (QED) is 0.778. The molecule has 0 bridgehead atoms. The highest BCUT2D eigenvalue weighted by molar-refractivity contribution is 7.92. The fourth-order valence-corrected chi connectivity index (χ4v) is 5.26. The Hall–Kier alpha value is -2.38. The molecule has 0 unspecified atom stereocenters. The van der Waals surface area contributed by atoms with Crippen LogP contribution in [-0.2, 0) is 16.6 Å². The second-order valence-electron chi connectivity index (χ2n) is 8.51. The van der Waals surface area contributed by atoms with Crippen LogP contribution < -0.4 is 4.72 Å². The van der Waals surface area contributed by atoms with Gasteiger partial charge in [0.15, 0.2) is 0 Å². The average molecular weight is 428 g/mol. The maximum Gasteiger partial charge on any atom is 0.269 e. The third kappa shape index (κ3) is 4.23. The van der Waals surface area contributed by atoms with Gasteiger partial charge in [0.25, 0.3) is 5.91 Å². The number of nitrogens with one attached hydrogen (secondary N) is 1. The highest BCUT2D eigenvalue weighted by Gasteiger charge is 2.35. The Balaban J connectivity index is 1.62. The molecule has 2 aromatic carbocycles. The topological polar surface area (TPSA) is 69.7 Å². The molecule has 1 fully saturated rings. The number of aryl methyl sites for hydroxylation is 1. The molecule has 0 saturated heterocycles. The number of hydrogen-bond donors (Lipinski definition) is 1. The van der Waals surface area contributed by atoms with E-state index in [0.717, 1.165) is 46.9 Å². The van der Waals surface area contributed by atoms with Crippen LogP contribution >= 0.6 is 0 Å². The Labute approximate surface area is 178 Å². The van der Waals surface area contributed by atoms with Crippen molar-refractivity contribution in [1.82, 2.24) is 10.0 Å². The van der Waals surface area contributed by atoms with E-state index < -0.39 is 10.0 Å². The van der Waals surface area contributed by atoms with Gasteiger partial charge in [0.05, 0.1) is 12.8 Å². The molecule has 0 aromatic heterocycles. The maximum absolute atomic E-state index is 13.2. The van der Waals surface area contributed by atoms with Crippen LogP contribution in [0.25, 0.3) is 11.1 Å². The largest absolute Gasteiger partial charge is 0.284 e. The van der Waals surface area contributed by atoms with Gasteiger partial charge in [-0.3, -0.25) is 14.5 Å². The van der Waals surface area contributed by atoms with Crippen molar-refractivity contribution >= 4 is 21.6 Å². The van der Waals surface area contributed by atoms with Crippen molar-refractivity contribution < 1.29 is 13.2 Å². The van der Waals surface area contributed by atoms with Crippen molar-refractivity contribution in [2.24, 2.45) is 0 Å². The normalized spacial score (nSPS) is 17.5. The third-order valence-electron chi connectivity index (χ3n) is 6.17. The Kier molecular flexibility index (Phi) is 5.59. The van der Waals surface area contributed by atoms with Crippen LogP contribution in [0.2, 0.25) is 0 Å². The van der Waals surface area contributed by atoms with Crippen molar-refractivity contribution in [2.45, 2.75) is 51.6 Å². The zero-order valence-corrected chi connectivity index (χ0v) is 18.6. The summed E-state index contributed by atoms with van der Waals surface area (Å²) in [5, 5.41) is 4.04. The fourth-order valence-electron chi connectivity index (χ4n) is 4.70. The van der Waals surface area contributed by atoms with Gasteiger partial charge in [0, 0.05) is 24.3 Å². The molecule has 1 aliphatic heterocycles. The molecule has 0 radical (unpaired) electrons. The van der Waals surface area contributed by atoms with Crippen LogP contribution in [-0.4, -0.2) is 43.7 Å². The Morgan fingerprint density at radius 2 is 1.80 bits per heavy atom. The number of carbonyl (C=O) groups is 1. The number of hydrogen-bond acceptors (Lipinski definition) is 4. The van der Waals surface area contributed by atoms with E-state index in [1.54, 1.807) is 6.07 Å². The number of benzene rings is 2. The van der Waals surface area contributed by atoms with Crippen LogP contribution in [0, 0.1) is 6.92 Å². The van der Waals surface area contributed by atoms with Crippen molar-refractivity contribution in [2.75, 3.05) is 18.0 Å². The van der Waals surface area contributed by atoms with Gasteiger partial charge in [-0.25, -0.2) is 13.4 Å². The van der Waals surface area contributed by atoms with Gasteiger partial charge in [-0.15, -0.1) is 0 Å². The van der Waals surface area contributed by atoms with E-state index in [1.807, 2.05) is 43.2 Å². The maximum atomic E-state index is 13.2. The minimum absolute atomic E-state index is 0.0783. The number of carbonyl (C=O) groups excluding carboxylic acids is 1. The van der Waals surface area contributed by atoms with Crippen molar-refractivity contribution in [3.05, 3.63) is 53.1 Å². The number of hydrazine groups is 1. The highest BCUT2D eigenvalue weighted by atomic mass is 32.2. The summed E-state index contributed by atoms with van der Waals surface area (Å²) in [5.41, 5.74) is 5.21. The van der Waals surface area contributed by atoms with Crippen LogP contribution in [0.3, 0.4) is 0 Å². The molecule has 6 nitrogen and oxygen atoms in total. The molecular weight excluding hydrogens is 398 g/mol. The van der Waals surface area contributed by atoms with Crippen LogP contribution in [0.1, 0.15) is 53.6 Å². The van der Waals surface area contributed by atoms with E-state index in [4.69, 9.17) is 0 Å². The number of rotatable bonds is 5. The number of amides is 1. The average Bonchev–Trinajstić information content (AvgIpc) is 3.04. The molecule has 160 valence electrons. The third-order valence-corrected chi connectivity index (χ3v) is 6.78. The molecule has 2 aromatic rings. The predicted octanol–water partition coefficient (Wildman–Crippen LogP) is 4.17. The Morgan fingerprint density at radius 1 is 1.07 bits per heavy atom. The lowest BCUT2D eigenvalue weighted by molar-refractivity contribution is -0.0282. The van der Waals surface area contributed by atoms with E-state index in [2.05, 4.69) is 15.8 Å². The summed E-state index contributed by atoms with van der Waals surface area (Å²) >= 11 is 0. The van der Waals surface area contributed by atoms with E-state index in [0.29, 0.717) is 18.3 Å². The molecule has 0 spiro atoms. The van der Waals surface area contributed by atoms with Gasteiger partial charge in [-0.05, 0) is 60.2 Å². The molecule has 7 heteroatoms. The lowest BCUT2D eigenvalue weighted by atomic mass is 9.95. The zero-order chi connectivity index (χ0) is 21.5. The summed E-state index contributed by atoms with van der Waals surface area (Å²) < 4.78 is 25.7. The molecule has 30 heavy (non-hydrogen) atoms. The summed E-state index contributed by atoms with van der Waals surface area (Å²) in [6.07, 6.45) is 7.16. The first-order chi connectivity index (χ1) is 14.2. The molecule has 0 atom stereocenters. The van der Waals surface area contributed by atoms with Crippen LogP contribution in [0.4, 0.5) is 5.69 Å². The lowest BCUT2D eigenvalue weighted by Crippen LogP contribution is -2.47. The van der Waals surface area contributed by atoms with Crippen LogP contribution in [0.5, 0.6) is 0 Å². The first-order valence-electron chi connectivity index (χ1n) is 10.5.